The third kappa shape index (κ3) is 3.44. The molecule has 0 saturated heterocycles. The number of nitrogens with one attached hydrogen (secondary N) is 1. The number of hydrogen-bond donors (Lipinski definition) is 3. The Hall–Kier alpha value is -1.22. The second-order valence-corrected chi connectivity index (χ2v) is 4.28. The fourth-order valence-electron chi connectivity index (χ4n) is 1.30. The van der Waals surface area contributed by atoms with Crippen LogP contribution in [0.5, 0.6) is 0 Å². The zero-order chi connectivity index (χ0) is 11.5. The SMILES string of the molecule is CCC(C)(O)CNc1ccc(N)cc1C. The maximum absolute atomic E-state index is 9.84. The van der Waals surface area contributed by atoms with E-state index in [-0.39, 0.29) is 0 Å². The van der Waals surface area contributed by atoms with Crippen LogP contribution in [0.4, 0.5) is 11.4 Å². The Kier molecular flexibility index (Phi) is 3.58. The van der Waals surface area contributed by atoms with Crippen LogP contribution in [0.15, 0.2) is 18.2 Å². The standard InChI is InChI=1S/C12H20N2O/c1-4-12(3,15)8-14-11-6-5-10(13)7-9(11)2/h5-7,14-15H,4,8,13H2,1-3H3. The van der Waals surface area contributed by atoms with Crippen LogP contribution < -0.4 is 11.1 Å². The maximum Gasteiger partial charge on any atom is 0.0788 e. The monoisotopic (exact) mass is 208 g/mol. The number of nitrogen functional groups attached to an aromatic ring is 1. The van der Waals surface area contributed by atoms with Crippen molar-refractivity contribution in [3.8, 4) is 0 Å². The summed E-state index contributed by atoms with van der Waals surface area (Å²) in [6, 6.07) is 5.72. The van der Waals surface area contributed by atoms with Crippen molar-refractivity contribution in [1.82, 2.24) is 0 Å². The fraction of sp³-hybridized carbons (Fsp3) is 0.500. The van der Waals surface area contributed by atoms with Gasteiger partial charge in [0, 0.05) is 17.9 Å². The molecular formula is C12H20N2O. The first-order valence-corrected chi connectivity index (χ1v) is 5.27. The van der Waals surface area contributed by atoms with Gasteiger partial charge in [-0.05, 0) is 44.0 Å². The molecule has 0 bridgehead atoms. The molecule has 3 heteroatoms. The van der Waals surface area contributed by atoms with Gasteiger partial charge in [-0.1, -0.05) is 6.92 Å². The van der Waals surface area contributed by atoms with Crippen molar-refractivity contribution in [2.24, 2.45) is 0 Å². The topological polar surface area (TPSA) is 58.3 Å². The van der Waals surface area contributed by atoms with Gasteiger partial charge in [-0.25, -0.2) is 0 Å². The number of rotatable bonds is 4. The summed E-state index contributed by atoms with van der Waals surface area (Å²) in [6.07, 6.45) is 0.730. The van der Waals surface area contributed by atoms with Gasteiger partial charge in [0.05, 0.1) is 5.60 Å². The average molecular weight is 208 g/mol. The van der Waals surface area contributed by atoms with E-state index in [9.17, 15) is 5.11 Å². The smallest absolute Gasteiger partial charge is 0.0788 e. The molecule has 0 spiro atoms. The van der Waals surface area contributed by atoms with E-state index in [4.69, 9.17) is 5.73 Å². The third-order valence-electron chi connectivity index (χ3n) is 2.67. The summed E-state index contributed by atoms with van der Waals surface area (Å²) in [5.74, 6) is 0. The minimum atomic E-state index is -0.659. The lowest BCUT2D eigenvalue weighted by atomic mass is 10.0. The maximum atomic E-state index is 9.84. The number of anilines is 2. The Morgan fingerprint density at radius 3 is 2.67 bits per heavy atom. The minimum absolute atomic E-state index is 0.550. The number of hydrogen-bond acceptors (Lipinski definition) is 3. The Morgan fingerprint density at radius 2 is 2.13 bits per heavy atom. The van der Waals surface area contributed by atoms with Crippen LogP contribution in [0.25, 0.3) is 0 Å². The molecule has 84 valence electrons. The van der Waals surface area contributed by atoms with Crippen molar-refractivity contribution in [2.75, 3.05) is 17.6 Å². The zero-order valence-electron chi connectivity index (χ0n) is 9.67. The summed E-state index contributed by atoms with van der Waals surface area (Å²) in [7, 11) is 0. The molecule has 0 aromatic heterocycles. The third-order valence-corrected chi connectivity index (χ3v) is 2.67. The van der Waals surface area contributed by atoms with Crippen molar-refractivity contribution in [3.05, 3.63) is 23.8 Å². The summed E-state index contributed by atoms with van der Waals surface area (Å²) in [6.45, 7) is 6.35. The van der Waals surface area contributed by atoms with E-state index >= 15 is 0 Å². The molecule has 3 nitrogen and oxygen atoms in total. The molecular weight excluding hydrogens is 188 g/mol. The molecule has 15 heavy (non-hydrogen) atoms. The van der Waals surface area contributed by atoms with Crippen LogP contribution in [-0.4, -0.2) is 17.3 Å². The molecule has 0 saturated carbocycles. The van der Waals surface area contributed by atoms with Gasteiger partial charge in [-0.2, -0.15) is 0 Å². The normalized spacial score (nSPS) is 14.7. The number of benzene rings is 1. The van der Waals surface area contributed by atoms with Gasteiger partial charge in [0.1, 0.15) is 0 Å². The van der Waals surface area contributed by atoms with Crippen LogP contribution in [0.2, 0.25) is 0 Å². The molecule has 0 aliphatic heterocycles. The van der Waals surface area contributed by atoms with Crippen molar-refractivity contribution in [1.29, 1.82) is 0 Å². The van der Waals surface area contributed by atoms with E-state index < -0.39 is 5.60 Å². The first-order chi connectivity index (χ1) is 6.94. The largest absolute Gasteiger partial charge is 0.399 e. The molecule has 1 aromatic carbocycles. The van der Waals surface area contributed by atoms with E-state index in [2.05, 4.69) is 5.32 Å². The van der Waals surface area contributed by atoms with Crippen LogP contribution in [0.1, 0.15) is 25.8 Å². The minimum Gasteiger partial charge on any atom is -0.399 e. The van der Waals surface area contributed by atoms with Gasteiger partial charge in [0.15, 0.2) is 0 Å². The van der Waals surface area contributed by atoms with Gasteiger partial charge in [-0.15, -0.1) is 0 Å². The van der Waals surface area contributed by atoms with Gasteiger partial charge in [0.25, 0.3) is 0 Å². The fourth-order valence-corrected chi connectivity index (χ4v) is 1.30. The molecule has 0 fully saturated rings. The first-order valence-electron chi connectivity index (χ1n) is 5.27. The predicted octanol–water partition coefficient (Wildman–Crippen LogP) is 2.15. The molecule has 0 aliphatic carbocycles. The highest BCUT2D eigenvalue weighted by atomic mass is 16.3. The second-order valence-electron chi connectivity index (χ2n) is 4.28. The Labute approximate surface area is 91.3 Å². The summed E-state index contributed by atoms with van der Waals surface area (Å²) in [5.41, 5.74) is 7.89. The Bertz CT molecular complexity index is 334. The average Bonchev–Trinajstić information content (AvgIpc) is 2.16. The molecule has 0 heterocycles. The van der Waals surface area contributed by atoms with E-state index in [1.807, 2.05) is 39.0 Å². The molecule has 0 radical (unpaired) electrons. The van der Waals surface area contributed by atoms with Gasteiger partial charge < -0.3 is 16.2 Å². The number of aryl methyl sites for hydroxylation is 1. The van der Waals surface area contributed by atoms with Gasteiger partial charge in [0.2, 0.25) is 0 Å². The first kappa shape index (κ1) is 11.9. The quantitative estimate of drug-likeness (QED) is 0.664. The number of nitrogens with two attached hydrogens (primary N) is 1. The zero-order valence-corrected chi connectivity index (χ0v) is 9.67. The van der Waals surface area contributed by atoms with E-state index in [0.717, 1.165) is 23.4 Å². The van der Waals surface area contributed by atoms with Crippen LogP contribution in [0, 0.1) is 6.92 Å². The molecule has 1 aromatic rings. The Balaban J connectivity index is 2.66. The molecule has 1 unspecified atom stereocenters. The van der Waals surface area contributed by atoms with E-state index in [0.29, 0.717) is 6.54 Å². The second kappa shape index (κ2) is 4.53. The highest BCUT2D eigenvalue weighted by molar-refractivity contribution is 5.57. The van der Waals surface area contributed by atoms with Crippen LogP contribution in [-0.2, 0) is 0 Å². The summed E-state index contributed by atoms with van der Waals surface area (Å²) in [5, 5.41) is 13.1. The lowest BCUT2D eigenvalue weighted by molar-refractivity contribution is 0.0697. The summed E-state index contributed by atoms with van der Waals surface area (Å²) >= 11 is 0. The van der Waals surface area contributed by atoms with Gasteiger partial charge in [-0.3, -0.25) is 0 Å². The predicted molar refractivity (Wildman–Crippen MR) is 65.0 cm³/mol. The molecule has 0 aliphatic rings. The molecule has 0 amide bonds. The molecule has 1 atom stereocenters. The van der Waals surface area contributed by atoms with Gasteiger partial charge >= 0.3 is 0 Å². The molecule has 4 N–H and O–H groups in total. The van der Waals surface area contributed by atoms with Crippen molar-refractivity contribution < 1.29 is 5.11 Å². The molecule has 1 rings (SSSR count). The lowest BCUT2D eigenvalue weighted by Gasteiger charge is -2.23. The summed E-state index contributed by atoms with van der Waals surface area (Å²) in [4.78, 5) is 0. The summed E-state index contributed by atoms with van der Waals surface area (Å²) < 4.78 is 0. The highest BCUT2D eigenvalue weighted by Gasteiger charge is 2.16. The van der Waals surface area contributed by atoms with Crippen LogP contribution in [0.3, 0.4) is 0 Å². The van der Waals surface area contributed by atoms with Crippen molar-refractivity contribution in [3.63, 3.8) is 0 Å². The highest BCUT2D eigenvalue weighted by Crippen LogP contribution is 2.19. The Morgan fingerprint density at radius 1 is 1.47 bits per heavy atom. The van der Waals surface area contributed by atoms with E-state index in [1.165, 1.54) is 0 Å². The van der Waals surface area contributed by atoms with Crippen LogP contribution >= 0.6 is 0 Å². The van der Waals surface area contributed by atoms with Crippen molar-refractivity contribution >= 4 is 11.4 Å². The van der Waals surface area contributed by atoms with Crippen molar-refractivity contribution in [2.45, 2.75) is 32.8 Å². The van der Waals surface area contributed by atoms with E-state index in [1.54, 1.807) is 0 Å². The number of aliphatic hydroxyl groups is 1. The lowest BCUT2D eigenvalue weighted by Crippen LogP contribution is -2.32.